The van der Waals surface area contributed by atoms with Crippen LogP contribution in [-0.2, 0) is 14.3 Å². The van der Waals surface area contributed by atoms with Crippen LogP contribution in [0.1, 0.15) is 25.0 Å². The molecule has 1 aromatic rings. The number of esters is 1. The Balaban J connectivity index is 2.13. The first kappa shape index (κ1) is 16.0. The molecule has 1 aromatic carbocycles. The Labute approximate surface area is 129 Å². The third kappa shape index (κ3) is 4.30. The van der Waals surface area contributed by atoms with Crippen molar-refractivity contribution in [3.05, 3.63) is 59.9 Å². The summed E-state index contributed by atoms with van der Waals surface area (Å²) >= 11 is 0. The fourth-order valence-electron chi connectivity index (χ4n) is 2.16. The second-order valence-electron chi connectivity index (χ2n) is 4.96. The molecule has 0 amide bonds. The fraction of sp³-hybridized carbons (Fsp3) is 0.294. The number of nitrogens with zero attached hydrogens (tertiary/aromatic N) is 1. The lowest BCUT2D eigenvalue weighted by Crippen LogP contribution is -2.20. The van der Waals surface area contributed by atoms with E-state index in [2.05, 4.69) is 0 Å². The van der Waals surface area contributed by atoms with E-state index in [1.54, 1.807) is 24.2 Å². The van der Waals surface area contributed by atoms with Crippen molar-refractivity contribution in [1.29, 1.82) is 0 Å². The maximum absolute atomic E-state index is 11.8. The molecule has 0 saturated carbocycles. The van der Waals surface area contributed by atoms with Crippen LogP contribution in [0.15, 0.2) is 54.4 Å². The van der Waals surface area contributed by atoms with Crippen LogP contribution in [-0.4, -0.2) is 34.9 Å². The zero-order chi connectivity index (χ0) is 15.9. The molecule has 1 aliphatic heterocycles. The monoisotopic (exact) mass is 301 g/mol. The van der Waals surface area contributed by atoms with Crippen LogP contribution in [0.2, 0.25) is 0 Å². The number of aliphatic hydroxyl groups excluding tert-OH is 1. The molecule has 0 aromatic heterocycles. The van der Waals surface area contributed by atoms with Crippen LogP contribution >= 0.6 is 0 Å². The molecule has 0 radical (unpaired) electrons. The summed E-state index contributed by atoms with van der Waals surface area (Å²) in [6.07, 6.45) is 3.82. The molecule has 0 bridgehead atoms. The summed E-state index contributed by atoms with van der Waals surface area (Å²) in [5.74, 6) is -0.672. The number of rotatable bonds is 5. The summed E-state index contributed by atoms with van der Waals surface area (Å²) in [5, 5.41) is 10.3. The first-order valence-corrected chi connectivity index (χ1v) is 7.17. The van der Waals surface area contributed by atoms with E-state index in [9.17, 15) is 14.7 Å². The lowest BCUT2D eigenvalue weighted by atomic mass is 10.1. The van der Waals surface area contributed by atoms with Gasteiger partial charge in [-0.1, -0.05) is 30.3 Å². The Morgan fingerprint density at radius 3 is 2.77 bits per heavy atom. The van der Waals surface area contributed by atoms with Crippen molar-refractivity contribution in [2.75, 3.05) is 13.2 Å². The van der Waals surface area contributed by atoms with Gasteiger partial charge in [-0.3, -0.25) is 4.79 Å². The Morgan fingerprint density at radius 1 is 1.36 bits per heavy atom. The van der Waals surface area contributed by atoms with Crippen molar-refractivity contribution < 1.29 is 19.4 Å². The third-order valence-electron chi connectivity index (χ3n) is 3.24. The van der Waals surface area contributed by atoms with Crippen LogP contribution in [0.5, 0.6) is 0 Å². The molecule has 0 fully saturated rings. The van der Waals surface area contributed by atoms with E-state index < -0.39 is 12.1 Å². The maximum Gasteiger partial charge on any atom is 0.335 e. The fourth-order valence-corrected chi connectivity index (χ4v) is 2.16. The number of allylic oxidation sites excluding steroid dienone is 1. The van der Waals surface area contributed by atoms with Crippen molar-refractivity contribution in [3.63, 3.8) is 0 Å². The normalized spacial score (nSPS) is 16.0. The first-order chi connectivity index (χ1) is 10.6. The topological polar surface area (TPSA) is 66.8 Å². The number of ketones is 1. The van der Waals surface area contributed by atoms with Gasteiger partial charge in [-0.15, -0.1) is 0 Å². The van der Waals surface area contributed by atoms with E-state index >= 15 is 0 Å². The van der Waals surface area contributed by atoms with Gasteiger partial charge in [0.05, 0.1) is 24.8 Å². The molecule has 1 atom stereocenters. The molecular weight excluding hydrogens is 282 g/mol. The SMILES string of the molecule is CCOC(=O)C1=CN(CC(O)c2ccccc2)C=CC(=O)C1. The third-order valence-corrected chi connectivity index (χ3v) is 3.24. The molecule has 1 heterocycles. The van der Waals surface area contributed by atoms with Gasteiger partial charge in [-0.05, 0) is 18.6 Å². The van der Waals surface area contributed by atoms with Crippen LogP contribution < -0.4 is 0 Å². The minimum absolute atomic E-state index is 0.00721. The molecule has 5 nitrogen and oxygen atoms in total. The summed E-state index contributed by atoms with van der Waals surface area (Å²) in [5.41, 5.74) is 1.06. The smallest absolute Gasteiger partial charge is 0.335 e. The van der Waals surface area contributed by atoms with Crippen LogP contribution in [0.25, 0.3) is 0 Å². The molecule has 1 aliphatic rings. The molecule has 0 spiro atoms. The molecule has 1 unspecified atom stereocenters. The highest BCUT2D eigenvalue weighted by molar-refractivity contribution is 6.00. The number of benzene rings is 1. The van der Waals surface area contributed by atoms with E-state index in [0.717, 1.165) is 5.56 Å². The predicted molar refractivity (Wildman–Crippen MR) is 81.6 cm³/mol. The molecule has 1 N–H and O–H groups in total. The van der Waals surface area contributed by atoms with Crippen molar-refractivity contribution in [2.45, 2.75) is 19.4 Å². The number of hydrogen-bond acceptors (Lipinski definition) is 5. The zero-order valence-electron chi connectivity index (χ0n) is 12.4. The van der Waals surface area contributed by atoms with Crippen LogP contribution in [0.4, 0.5) is 0 Å². The van der Waals surface area contributed by atoms with Gasteiger partial charge in [-0.25, -0.2) is 4.79 Å². The minimum atomic E-state index is -0.723. The maximum atomic E-state index is 11.8. The molecule has 0 saturated heterocycles. The van der Waals surface area contributed by atoms with Crippen molar-refractivity contribution in [1.82, 2.24) is 4.90 Å². The molecule has 2 rings (SSSR count). The van der Waals surface area contributed by atoms with Gasteiger partial charge in [0.25, 0.3) is 0 Å². The van der Waals surface area contributed by atoms with Crippen molar-refractivity contribution in [2.24, 2.45) is 0 Å². The predicted octanol–water partition coefficient (Wildman–Crippen LogP) is 1.96. The van der Waals surface area contributed by atoms with Gasteiger partial charge in [0.1, 0.15) is 0 Å². The zero-order valence-corrected chi connectivity index (χ0v) is 12.4. The van der Waals surface area contributed by atoms with E-state index in [1.807, 2.05) is 30.3 Å². The molecule has 22 heavy (non-hydrogen) atoms. The summed E-state index contributed by atoms with van der Waals surface area (Å²) < 4.78 is 4.95. The van der Waals surface area contributed by atoms with Gasteiger partial charge < -0.3 is 14.7 Å². The second kappa shape index (κ2) is 7.56. The van der Waals surface area contributed by atoms with Crippen LogP contribution in [0, 0.1) is 0 Å². The Kier molecular flexibility index (Phi) is 5.49. The minimum Gasteiger partial charge on any atom is -0.463 e. The number of carbonyl (C=O) groups is 2. The number of hydrogen-bond donors (Lipinski definition) is 1. The van der Waals surface area contributed by atoms with E-state index in [1.165, 1.54) is 6.08 Å². The molecule has 116 valence electrons. The van der Waals surface area contributed by atoms with E-state index in [0.29, 0.717) is 0 Å². The van der Waals surface area contributed by atoms with Gasteiger partial charge in [0.15, 0.2) is 5.78 Å². The van der Waals surface area contributed by atoms with Gasteiger partial charge in [-0.2, -0.15) is 0 Å². The van der Waals surface area contributed by atoms with Gasteiger partial charge in [0.2, 0.25) is 0 Å². The summed E-state index contributed by atoms with van der Waals surface area (Å²) in [6, 6.07) is 9.22. The number of ether oxygens (including phenoxy) is 1. The molecule has 0 aliphatic carbocycles. The lowest BCUT2D eigenvalue weighted by Gasteiger charge is -2.20. The number of aliphatic hydroxyl groups is 1. The highest BCUT2D eigenvalue weighted by Gasteiger charge is 2.19. The molecule has 5 heteroatoms. The number of β-amino-alcohol motifs (C(OH)–C–C–N with tert-alkyl or cyclic N) is 1. The number of carbonyl (C=O) groups excluding carboxylic acids is 2. The van der Waals surface area contributed by atoms with Crippen molar-refractivity contribution in [3.8, 4) is 0 Å². The lowest BCUT2D eigenvalue weighted by molar-refractivity contribution is -0.139. The average molecular weight is 301 g/mol. The van der Waals surface area contributed by atoms with Crippen molar-refractivity contribution >= 4 is 11.8 Å². The standard InChI is InChI=1S/C17H19NO4/c1-2-22-17(21)14-10-15(19)8-9-18(11-14)12-16(20)13-6-4-3-5-7-13/h3-9,11,16,20H,2,10,12H2,1H3. The second-order valence-corrected chi connectivity index (χ2v) is 4.96. The van der Waals surface area contributed by atoms with E-state index in [4.69, 9.17) is 4.74 Å². The van der Waals surface area contributed by atoms with E-state index in [-0.39, 0.29) is 30.9 Å². The largest absolute Gasteiger partial charge is 0.463 e. The highest BCUT2D eigenvalue weighted by Crippen LogP contribution is 2.18. The quantitative estimate of drug-likeness (QED) is 0.842. The average Bonchev–Trinajstić information content (AvgIpc) is 2.70. The summed E-state index contributed by atoms with van der Waals surface area (Å²) in [4.78, 5) is 25.2. The highest BCUT2D eigenvalue weighted by atomic mass is 16.5. The molecular formula is C17H19NO4. The summed E-state index contributed by atoms with van der Waals surface area (Å²) in [6.45, 7) is 2.22. The Hall–Kier alpha value is -2.40. The van der Waals surface area contributed by atoms with Gasteiger partial charge >= 0.3 is 5.97 Å². The summed E-state index contributed by atoms with van der Waals surface area (Å²) in [7, 11) is 0. The Morgan fingerprint density at radius 2 is 2.09 bits per heavy atom. The Bertz CT molecular complexity index is 592. The first-order valence-electron chi connectivity index (χ1n) is 7.17. The van der Waals surface area contributed by atoms with Gasteiger partial charge in [0, 0.05) is 18.8 Å². The van der Waals surface area contributed by atoms with Crippen LogP contribution in [0.3, 0.4) is 0 Å².